The molecule has 1 aromatic carbocycles. The lowest BCUT2D eigenvalue weighted by atomic mass is 10.0. The first-order valence-electron chi connectivity index (χ1n) is 9.68. The number of carbonyl (C=O) groups excluding carboxylic acids is 1. The second-order valence-corrected chi connectivity index (χ2v) is 9.05. The quantitative estimate of drug-likeness (QED) is 0.554. The Morgan fingerprint density at radius 1 is 1.15 bits per heavy atom. The number of rotatable bonds is 2. The molecule has 1 aliphatic rings. The molecule has 8 nitrogen and oxygen atoms in total. The van der Waals surface area contributed by atoms with E-state index in [1.807, 2.05) is 19.9 Å². The summed E-state index contributed by atoms with van der Waals surface area (Å²) in [7, 11) is -3.67. The van der Waals surface area contributed by atoms with Crippen LogP contribution in [0.4, 0.5) is 18.9 Å². The van der Waals surface area contributed by atoms with Crippen molar-refractivity contribution in [3.63, 3.8) is 0 Å². The van der Waals surface area contributed by atoms with E-state index in [4.69, 9.17) is 4.55 Å². The number of pyridine rings is 1. The molecule has 0 fully saturated rings. The number of amides is 1. The molecule has 176 valence electrons. The lowest BCUT2D eigenvalue weighted by Crippen LogP contribution is -2.42. The maximum Gasteiger partial charge on any atom is 0.416 e. The van der Waals surface area contributed by atoms with Gasteiger partial charge >= 0.3 is 6.18 Å². The smallest absolute Gasteiger partial charge is 0.305 e. The van der Waals surface area contributed by atoms with Crippen molar-refractivity contribution in [2.24, 2.45) is 0 Å². The number of benzene rings is 1. The molecular formula is C21H21F3N4O4S. The maximum atomic E-state index is 13.2. The predicted octanol–water partition coefficient (Wildman–Crippen LogP) is 4.00. The molecule has 0 spiro atoms. The van der Waals surface area contributed by atoms with Crippen LogP contribution in [-0.2, 0) is 16.3 Å². The van der Waals surface area contributed by atoms with Gasteiger partial charge in [0.1, 0.15) is 5.69 Å². The van der Waals surface area contributed by atoms with Crippen LogP contribution in [-0.4, -0.2) is 46.4 Å². The Bertz CT molecular complexity index is 1260. The highest BCUT2D eigenvalue weighted by molar-refractivity contribution is 7.85. The fraction of sp³-hybridized carbons (Fsp3) is 0.286. The Hall–Kier alpha value is -3.25. The summed E-state index contributed by atoms with van der Waals surface area (Å²) in [6.07, 6.45) is -0.385. The third kappa shape index (κ3) is 5.76. The molecule has 0 bridgehead atoms. The zero-order valence-electron chi connectivity index (χ0n) is 17.9. The van der Waals surface area contributed by atoms with Crippen LogP contribution in [0.3, 0.4) is 0 Å². The third-order valence-electron chi connectivity index (χ3n) is 4.82. The van der Waals surface area contributed by atoms with Gasteiger partial charge in [-0.25, -0.2) is 0 Å². The minimum Gasteiger partial charge on any atom is -0.305 e. The van der Waals surface area contributed by atoms with E-state index in [-0.39, 0.29) is 11.9 Å². The first-order valence-corrected chi connectivity index (χ1v) is 11.5. The van der Waals surface area contributed by atoms with E-state index in [9.17, 15) is 26.4 Å². The Kier molecular flexibility index (Phi) is 6.61. The van der Waals surface area contributed by atoms with E-state index in [0.29, 0.717) is 29.7 Å². The van der Waals surface area contributed by atoms with Crippen molar-refractivity contribution < 1.29 is 30.9 Å². The number of aryl methyl sites for hydroxylation is 1. The summed E-state index contributed by atoms with van der Waals surface area (Å²) in [6.45, 7) is 4.10. The number of aromatic nitrogens is 3. The maximum absolute atomic E-state index is 13.2. The molecule has 1 N–H and O–H groups in total. The zero-order valence-corrected chi connectivity index (χ0v) is 18.7. The van der Waals surface area contributed by atoms with Crippen LogP contribution in [0.5, 0.6) is 0 Å². The number of hydrogen-bond donors (Lipinski definition) is 1. The second-order valence-electron chi connectivity index (χ2n) is 7.58. The van der Waals surface area contributed by atoms with Gasteiger partial charge in [0.15, 0.2) is 0 Å². The van der Waals surface area contributed by atoms with E-state index in [1.54, 1.807) is 23.1 Å². The van der Waals surface area contributed by atoms with Gasteiger partial charge in [-0.15, -0.1) is 0 Å². The van der Waals surface area contributed by atoms with Crippen molar-refractivity contribution in [1.29, 1.82) is 0 Å². The molecule has 12 heteroatoms. The van der Waals surface area contributed by atoms with Gasteiger partial charge in [-0.2, -0.15) is 26.7 Å². The minimum absolute atomic E-state index is 0.119. The molecule has 0 aliphatic carbocycles. The molecular weight excluding hydrogens is 461 g/mol. The number of alkyl halides is 3. The minimum atomic E-state index is -4.41. The van der Waals surface area contributed by atoms with E-state index in [1.165, 1.54) is 17.0 Å². The Labute approximate surface area is 188 Å². The summed E-state index contributed by atoms with van der Waals surface area (Å²) in [4.78, 5) is 18.9. The molecule has 0 unspecified atom stereocenters. The van der Waals surface area contributed by atoms with Crippen molar-refractivity contribution >= 4 is 21.7 Å². The summed E-state index contributed by atoms with van der Waals surface area (Å²) < 4.78 is 66.0. The first kappa shape index (κ1) is 24.4. The number of nitrogens with zero attached hydrogens (tertiary/aromatic N) is 4. The van der Waals surface area contributed by atoms with Crippen LogP contribution in [0.15, 0.2) is 48.8 Å². The van der Waals surface area contributed by atoms with Crippen LogP contribution in [0, 0.1) is 6.92 Å². The molecule has 1 amide bonds. The largest absolute Gasteiger partial charge is 0.416 e. The van der Waals surface area contributed by atoms with Crippen molar-refractivity contribution in [1.82, 2.24) is 14.8 Å². The lowest BCUT2D eigenvalue weighted by molar-refractivity contribution is -0.137. The number of carbonyl (C=O) groups is 1. The average Bonchev–Trinajstić information content (AvgIpc) is 3.15. The SMILES string of the molecule is CS(=O)(=O)O.Cc1cc(-c2cnn3c2C(=O)N(c2ccc(C(F)(F)F)cc2)C[C@@H]3C)ccn1. The van der Waals surface area contributed by atoms with Gasteiger partial charge < -0.3 is 4.90 Å². The average molecular weight is 482 g/mol. The predicted molar refractivity (Wildman–Crippen MR) is 115 cm³/mol. The summed E-state index contributed by atoms with van der Waals surface area (Å²) in [6, 6.07) is 8.20. The fourth-order valence-electron chi connectivity index (χ4n) is 3.44. The molecule has 33 heavy (non-hydrogen) atoms. The Balaban J connectivity index is 0.000000555. The monoisotopic (exact) mass is 482 g/mol. The van der Waals surface area contributed by atoms with Crippen molar-refractivity contribution in [3.8, 4) is 11.1 Å². The van der Waals surface area contributed by atoms with Gasteiger partial charge in [0.2, 0.25) is 0 Å². The van der Waals surface area contributed by atoms with Crippen LogP contribution in [0.2, 0.25) is 0 Å². The number of hydrogen-bond acceptors (Lipinski definition) is 5. The van der Waals surface area contributed by atoms with Crippen LogP contribution < -0.4 is 4.90 Å². The lowest BCUT2D eigenvalue weighted by Gasteiger charge is -2.32. The van der Waals surface area contributed by atoms with Crippen LogP contribution in [0.1, 0.15) is 34.7 Å². The van der Waals surface area contributed by atoms with Crippen molar-refractivity contribution in [2.75, 3.05) is 17.7 Å². The van der Waals surface area contributed by atoms with Gasteiger partial charge in [0, 0.05) is 29.7 Å². The summed E-state index contributed by atoms with van der Waals surface area (Å²) in [5, 5.41) is 4.37. The van der Waals surface area contributed by atoms with E-state index in [2.05, 4.69) is 10.1 Å². The highest BCUT2D eigenvalue weighted by atomic mass is 32.2. The Morgan fingerprint density at radius 2 is 1.76 bits per heavy atom. The Morgan fingerprint density at radius 3 is 2.30 bits per heavy atom. The van der Waals surface area contributed by atoms with Gasteiger partial charge in [-0.3, -0.25) is 19.0 Å². The van der Waals surface area contributed by atoms with Gasteiger partial charge in [0.25, 0.3) is 16.0 Å². The second kappa shape index (κ2) is 8.94. The van der Waals surface area contributed by atoms with Crippen LogP contribution >= 0.6 is 0 Å². The highest BCUT2D eigenvalue weighted by Crippen LogP contribution is 2.34. The number of anilines is 1. The first-order chi connectivity index (χ1) is 15.3. The molecule has 3 aromatic rings. The van der Waals surface area contributed by atoms with E-state index >= 15 is 0 Å². The topological polar surface area (TPSA) is 105 Å². The highest BCUT2D eigenvalue weighted by Gasteiger charge is 2.35. The van der Waals surface area contributed by atoms with Crippen molar-refractivity contribution in [2.45, 2.75) is 26.1 Å². The molecule has 4 rings (SSSR count). The van der Waals surface area contributed by atoms with E-state index < -0.39 is 21.9 Å². The normalized spacial score (nSPS) is 16.2. The summed E-state index contributed by atoms with van der Waals surface area (Å²) >= 11 is 0. The van der Waals surface area contributed by atoms with Crippen molar-refractivity contribution in [3.05, 3.63) is 65.7 Å². The van der Waals surface area contributed by atoms with Gasteiger partial charge in [-0.05, 0) is 55.8 Å². The molecule has 0 saturated heterocycles. The molecule has 2 aromatic heterocycles. The van der Waals surface area contributed by atoms with Gasteiger partial charge in [0.05, 0.1) is 24.1 Å². The zero-order chi connectivity index (χ0) is 24.6. The van der Waals surface area contributed by atoms with Gasteiger partial charge in [-0.1, -0.05) is 0 Å². The standard InChI is InChI=1S/C20H17F3N4O.CH4O3S/c1-12-9-14(7-8-24-12)17-10-25-27-13(2)11-26(19(28)18(17)27)16-5-3-15(4-6-16)20(21,22)23;1-5(2,3)4/h3-10,13H,11H2,1-2H3;1H3,(H,2,3,4)/t13-;/m0./s1. The van der Waals surface area contributed by atoms with E-state index in [0.717, 1.165) is 23.4 Å². The molecule has 0 radical (unpaired) electrons. The number of halogens is 3. The molecule has 1 aliphatic heterocycles. The summed E-state index contributed by atoms with van der Waals surface area (Å²) in [5.41, 5.74) is 2.42. The molecule has 3 heterocycles. The third-order valence-corrected chi connectivity index (χ3v) is 4.82. The molecule has 0 saturated carbocycles. The molecule has 1 atom stereocenters. The number of fused-ring (bicyclic) bond motifs is 1. The van der Waals surface area contributed by atoms with Crippen LogP contribution in [0.25, 0.3) is 11.1 Å². The fourth-order valence-corrected chi connectivity index (χ4v) is 3.44. The summed E-state index contributed by atoms with van der Waals surface area (Å²) in [5.74, 6) is -0.292.